The van der Waals surface area contributed by atoms with Crippen molar-refractivity contribution in [3.8, 4) is 0 Å². The molecular formula is C13H20F2N2O6. The topological polar surface area (TPSA) is 96.4 Å². The maximum absolute atomic E-state index is 13.7. The number of carbonyl (C=O) groups excluding carboxylic acids is 2. The van der Waals surface area contributed by atoms with Crippen LogP contribution in [0.4, 0.5) is 18.4 Å². The second-order valence-corrected chi connectivity index (χ2v) is 5.04. The highest BCUT2D eigenvalue weighted by Gasteiger charge is 2.59. The molecule has 23 heavy (non-hydrogen) atoms. The molecule has 1 aliphatic rings. The van der Waals surface area contributed by atoms with Crippen molar-refractivity contribution in [2.24, 2.45) is 0 Å². The van der Waals surface area contributed by atoms with E-state index in [2.05, 4.69) is 4.74 Å². The summed E-state index contributed by atoms with van der Waals surface area (Å²) in [6.07, 6.45) is -4.61. The van der Waals surface area contributed by atoms with Gasteiger partial charge in [0.15, 0.2) is 0 Å². The average molecular weight is 338 g/mol. The highest BCUT2D eigenvalue weighted by molar-refractivity contribution is 5.87. The van der Waals surface area contributed by atoms with Crippen LogP contribution in [0.1, 0.15) is 19.8 Å². The minimum atomic E-state index is -3.34. The third kappa shape index (κ3) is 3.80. The number of alkyl halides is 2. The van der Waals surface area contributed by atoms with Gasteiger partial charge in [0.1, 0.15) is 0 Å². The van der Waals surface area contributed by atoms with Gasteiger partial charge in [0.05, 0.1) is 20.3 Å². The molecule has 0 saturated carbocycles. The standard InChI is InChI=1S/C13H20F2N2O6/c1-3-4-7-23-12(21)17-6-5-16(11(19)20)8-13(17,9(14)15)10(18)22-2/h9H,3-8H2,1-2H3,(H,19,20). The minimum absolute atomic E-state index is 0.0228. The summed E-state index contributed by atoms with van der Waals surface area (Å²) in [5.74, 6) is -1.38. The molecule has 0 aromatic carbocycles. The summed E-state index contributed by atoms with van der Waals surface area (Å²) in [6, 6.07) is 0. The molecule has 1 saturated heterocycles. The first kappa shape index (κ1) is 18.9. The molecule has 1 unspecified atom stereocenters. The number of ether oxygens (including phenoxy) is 2. The molecule has 1 atom stereocenters. The monoisotopic (exact) mass is 338 g/mol. The number of nitrogens with zero attached hydrogens (tertiary/aromatic N) is 2. The molecule has 1 rings (SSSR count). The van der Waals surface area contributed by atoms with Crippen molar-refractivity contribution in [1.29, 1.82) is 0 Å². The van der Waals surface area contributed by atoms with Crippen molar-refractivity contribution in [1.82, 2.24) is 9.80 Å². The van der Waals surface area contributed by atoms with E-state index in [4.69, 9.17) is 9.84 Å². The van der Waals surface area contributed by atoms with Gasteiger partial charge < -0.3 is 19.5 Å². The smallest absolute Gasteiger partial charge is 0.411 e. The Morgan fingerprint density at radius 2 is 1.96 bits per heavy atom. The molecule has 0 spiro atoms. The number of esters is 1. The van der Waals surface area contributed by atoms with Crippen molar-refractivity contribution >= 4 is 18.2 Å². The van der Waals surface area contributed by atoms with Crippen molar-refractivity contribution in [3.63, 3.8) is 0 Å². The second-order valence-electron chi connectivity index (χ2n) is 5.04. The minimum Gasteiger partial charge on any atom is -0.467 e. The van der Waals surface area contributed by atoms with Crippen LogP contribution in [-0.2, 0) is 14.3 Å². The van der Waals surface area contributed by atoms with Crippen LogP contribution in [-0.4, -0.2) is 78.4 Å². The van der Waals surface area contributed by atoms with Crippen LogP contribution in [0.5, 0.6) is 0 Å². The van der Waals surface area contributed by atoms with E-state index in [1.807, 2.05) is 6.92 Å². The van der Waals surface area contributed by atoms with E-state index in [0.29, 0.717) is 16.2 Å². The predicted octanol–water partition coefficient (Wildman–Crippen LogP) is 1.40. The molecule has 132 valence electrons. The van der Waals surface area contributed by atoms with Gasteiger partial charge in [-0.05, 0) is 6.42 Å². The molecule has 0 radical (unpaired) electrons. The van der Waals surface area contributed by atoms with E-state index in [-0.39, 0.29) is 13.2 Å². The molecule has 0 aromatic heterocycles. The van der Waals surface area contributed by atoms with Gasteiger partial charge in [0, 0.05) is 13.1 Å². The summed E-state index contributed by atoms with van der Waals surface area (Å²) in [5, 5.41) is 9.00. The summed E-state index contributed by atoms with van der Waals surface area (Å²) < 4.78 is 36.7. The van der Waals surface area contributed by atoms with Crippen LogP contribution >= 0.6 is 0 Å². The fourth-order valence-electron chi connectivity index (χ4n) is 2.30. The Balaban J connectivity index is 3.11. The first-order valence-electron chi connectivity index (χ1n) is 7.10. The molecule has 1 aliphatic heterocycles. The Morgan fingerprint density at radius 3 is 2.43 bits per heavy atom. The third-order valence-electron chi connectivity index (χ3n) is 3.62. The fraction of sp³-hybridized carbons (Fsp3) is 0.769. The van der Waals surface area contributed by atoms with Gasteiger partial charge in [0.2, 0.25) is 5.54 Å². The zero-order chi connectivity index (χ0) is 17.6. The first-order chi connectivity index (χ1) is 10.8. The zero-order valence-electron chi connectivity index (χ0n) is 13.0. The van der Waals surface area contributed by atoms with Crippen LogP contribution < -0.4 is 0 Å². The van der Waals surface area contributed by atoms with E-state index in [0.717, 1.165) is 13.5 Å². The van der Waals surface area contributed by atoms with Crippen LogP contribution in [0.25, 0.3) is 0 Å². The Bertz CT molecular complexity index is 462. The maximum Gasteiger partial charge on any atom is 0.411 e. The van der Waals surface area contributed by atoms with Crippen LogP contribution in [0, 0.1) is 0 Å². The lowest BCUT2D eigenvalue weighted by Crippen LogP contribution is -2.71. The summed E-state index contributed by atoms with van der Waals surface area (Å²) >= 11 is 0. The third-order valence-corrected chi connectivity index (χ3v) is 3.62. The van der Waals surface area contributed by atoms with Crippen molar-refractivity contribution in [3.05, 3.63) is 0 Å². The molecule has 2 amide bonds. The highest BCUT2D eigenvalue weighted by Crippen LogP contribution is 2.31. The highest BCUT2D eigenvalue weighted by atomic mass is 19.3. The van der Waals surface area contributed by atoms with E-state index < -0.39 is 43.2 Å². The van der Waals surface area contributed by atoms with Crippen LogP contribution in [0.3, 0.4) is 0 Å². The summed E-state index contributed by atoms with van der Waals surface area (Å²) in [4.78, 5) is 36.3. The van der Waals surface area contributed by atoms with Gasteiger partial charge in [-0.15, -0.1) is 0 Å². The van der Waals surface area contributed by atoms with Gasteiger partial charge in [-0.1, -0.05) is 13.3 Å². The number of methoxy groups -OCH3 is 1. The summed E-state index contributed by atoms with van der Waals surface area (Å²) in [7, 11) is 0.896. The average Bonchev–Trinajstić information content (AvgIpc) is 2.53. The molecule has 8 nitrogen and oxygen atoms in total. The van der Waals surface area contributed by atoms with Gasteiger partial charge >= 0.3 is 18.2 Å². The van der Waals surface area contributed by atoms with Crippen LogP contribution in [0.15, 0.2) is 0 Å². The summed E-state index contributed by atoms with van der Waals surface area (Å²) in [6.45, 7) is 0.405. The number of hydrogen-bond donors (Lipinski definition) is 1. The number of rotatable bonds is 5. The number of piperazine rings is 1. The Morgan fingerprint density at radius 1 is 1.30 bits per heavy atom. The molecule has 0 bridgehead atoms. The lowest BCUT2D eigenvalue weighted by Gasteiger charge is -2.46. The molecule has 1 N–H and O–H groups in total. The van der Waals surface area contributed by atoms with Gasteiger partial charge in [-0.2, -0.15) is 0 Å². The van der Waals surface area contributed by atoms with E-state index in [1.54, 1.807) is 0 Å². The molecule has 0 aliphatic carbocycles. The Kier molecular flexibility index (Phi) is 6.52. The molecule has 1 fully saturated rings. The SMILES string of the molecule is CCCCOC(=O)N1CCN(C(=O)O)CC1(C(=O)OC)C(F)F. The number of unbranched alkanes of at least 4 members (excludes halogenated alkanes) is 1. The Hall–Kier alpha value is -2.13. The molecule has 1 heterocycles. The molecule has 10 heteroatoms. The summed E-state index contributed by atoms with van der Waals surface area (Å²) in [5.41, 5.74) is -2.71. The molecule has 0 aromatic rings. The number of carbonyl (C=O) groups is 3. The van der Waals surface area contributed by atoms with Gasteiger partial charge in [-0.25, -0.2) is 23.2 Å². The normalized spacial score (nSPS) is 21.3. The van der Waals surface area contributed by atoms with Crippen LogP contribution in [0.2, 0.25) is 0 Å². The van der Waals surface area contributed by atoms with Crippen molar-refractivity contribution in [2.75, 3.05) is 33.4 Å². The second kappa shape index (κ2) is 7.93. The van der Waals surface area contributed by atoms with Crippen molar-refractivity contribution in [2.45, 2.75) is 31.7 Å². The largest absolute Gasteiger partial charge is 0.467 e. The Labute approximate surface area is 131 Å². The number of halogens is 2. The lowest BCUT2D eigenvalue weighted by molar-refractivity contribution is -0.171. The van der Waals surface area contributed by atoms with Gasteiger partial charge in [-0.3, -0.25) is 4.90 Å². The van der Waals surface area contributed by atoms with Gasteiger partial charge in [0.25, 0.3) is 6.43 Å². The lowest BCUT2D eigenvalue weighted by atomic mass is 9.94. The number of amides is 2. The maximum atomic E-state index is 13.7. The molecular weight excluding hydrogens is 318 g/mol. The van der Waals surface area contributed by atoms with E-state index in [9.17, 15) is 23.2 Å². The van der Waals surface area contributed by atoms with E-state index >= 15 is 0 Å². The first-order valence-corrected chi connectivity index (χ1v) is 7.10. The van der Waals surface area contributed by atoms with E-state index in [1.165, 1.54) is 0 Å². The fourth-order valence-corrected chi connectivity index (χ4v) is 2.30. The number of hydrogen-bond acceptors (Lipinski definition) is 5. The number of carboxylic acid groups (broad SMARTS) is 1. The zero-order valence-corrected chi connectivity index (χ0v) is 13.0. The quantitative estimate of drug-likeness (QED) is 0.601. The predicted molar refractivity (Wildman–Crippen MR) is 73.3 cm³/mol. The van der Waals surface area contributed by atoms with Crippen molar-refractivity contribution < 1.29 is 37.7 Å².